The second-order valence-corrected chi connectivity index (χ2v) is 7.28. The highest BCUT2D eigenvalue weighted by atomic mass is 16.4. The van der Waals surface area contributed by atoms with Gasteiger partial charge in [0.05, 0.1) is 5.92 Å². The lowest BCUT2D eigenvalue weighted by Gasteiger charge is -2.29. The van der Waals surface area contributed by atoms with Crippen molar-refractivity contribution in [1.29, 1.82) is 0 Å². The van der Waals surface area contributed by atoms with Crippen molar-refractivity contribution >= 4 is 5.97 Å². The molecule has 3 rings (SSSR count). The van der Waals surface area contributed by atoms with Crippen molar-refractivity contribution in [2.45, 2.75) is 57.8 Å². The zero-order chi connectivity index (χ0) is 15.0. The predicted octanol–water partition coefficient (Wildman–Crippen LogP) is 4.80. The molecule has 2 fully saturated rings. The highest BCUT2D eigenvalue weighted by Crippen LogP contribution is 2.51. The lowest BCUT2D eigenvalue weighted by Crippen LogP contribution is -2.17. The Hall–Kier alpha value is -1.31. The van der Waals surface area contributed by atoms with Crippen molar-refractivity contribution in [2.75, 3.05) is 0 Å². The third kappa shape index (κ3) is 3.14. The molecule has 0 bridgehead atoms. The first-order valence-corrected chi connectivity index (χ1v) is 8.39. The molecule has 2 aliphatic rings. The molecule has 0 aromatic heterocycles. The second-order valence-electron chi connectivity index (χ2n) is 7.28. The summed E-state index contributed by atoms with van der Waals surface area (Å²) < 4.78 is 0. The van der Waals surface area contributed by atoms with Crippen molar-refractivity contribution in [3.05, 3.63) is 35.4 Å². The minimum Gasteiger partial charge on any atom is -0.481 e. The van der Waals surface area contributed by atoms with Crippen LogP contribution >= 0.6 is 0 Å². The van der Waals surface area contributed by atoms with E-state index in [2.05, 4.69) is 38.1 Å². The molecule has 2 heteroatoms. The number of rotatable bonds is 4. The maximum Gasteiger partial charge on any atom is 0.306 e. The fourth-order valence-electron chi connectivity index (χ4n) is 4.05. The van der Waals surface area contributed by atoms with Crippen LogP contribution in [0.4, 0.5) is 0 Å². The largest absolute Gasteiger partial charge is 0.481 e. The lowest BCUT2D eigenvalue weighted by molar-refractivity contribution is -0.139. The minimum absolute atomic E-state index is 0.0307. The van der Waals surface area contributed by atoms with Gasteiger partial charge in [-0.1, -0.05) is 38.1 Å². The van der Waals surface area contributed by atoms with E-state index in [4.69, 9.17) is 5.11 Å². The van der Waals surface area contributed by atoms with Gasteiger partial charge in [-0.3, -0.25) is 4.79 Å². The van der Waals surface area contributed by atoms with Crippen LogP contribution in [0, 0.1) is 17.8 Å². The predicted molar refractivity (Wildman–Crippen MR) is 84.5 cm³/mol. The van der Waals surface area contributed by atoms with Crippen molar-refractivity contribution < 1.29 is 9.90 Å². The molecule has 2 nitrogen and oxygen atoms in total. The van der Waals surface area contributed by atoms with Crippen LogP contribution in [0.25, 0.3) is 0 Å². The van der Waals surface area contributed by atoms with Gasteiger partial charge in [0.1, 0.15) is 0 Å². The first-order valence-electron chi connectivity index (χ1n) is 8.39. The van der Waals surface area contributed by atoms with Gasteiger partial charge in [-0.05, 0) is 66.9 Å². The van der Waals surface area contributed by atoms with Crippen LogP contribution in [0.15, 0.2) is 24.3 Å². The van der Waals surface area contributed by atoms with Gasteiger partial charge in [-0.15, -0.1) is 0 Å². The fraction of sp³-hybridized carbons (Fsp3) is 0.632. The van der Waals surface area contributed by atoms with E-state index >= 15 is 0 Å². The van der Waals surface area contributed by atoms with E-state index in [1.807, 2.05) is 0 Å². The van der Waals surface area contributed by atoms with Gasteiger partial charge in [-0.25, -0.2) is 0 Å². The number of hydrogen-bond acceptors (Lipinski definition) is 1. The maximum atomic E-state index is 11.0. The van der Waals surface area contributed by atoms with Gasteiger partial charge in [0.25, 0.3) is 0 Å². The highest BCUT2D eigenvalue weighted by Gasteiger charge is 2.48. The van der Waals surface area contributed by atoms with Gasteiger partial charge in [-0.2, -0.15) is 0 Å². The quantitative estimate of drug-likeness (QED) is 0.863. The lowest BCUT2D eigenvalue weighted by atomic mass is 9.76. The van der Waals surface area contributed by atoms with Gasteiger partial charge in [0.2, 0.25) is 0 Å². The Balaban J connectivity index is 1.55. The van der Waals surface area contributed by atoms with E-state index in [1.54, 1.807) is 0 Å². The molecule has 2 saturated carbocycles. The molecule has 0 spiro atoms. The van der Waals surface area contributed by atoms with E-state index in [0.717, 1.165) is 6.42 Å². The van der Waals surface area contributed by atoms with Crippen molar-refractivity contribution in [3.63, 3.8) is 0 Å². The Morgan fingerprint density at radius 2 is 1.71 bits per heavy atom. The summed E-state index contributed by atoms with van der Waals surface area (Å²) in [7, 11) is 0. The second kappa shape index (κ2) is 5.82. The normalized spacial score (nSPS) is 32.1. The molecule has 21 heavy (non-hydrogen) atoms. The molecule has 0 saturated heterocycles. The summed E-state index contributed by atoms with van der Waals surface area (Å²) in [4.78, 5) is 11.0. The van der Waals surface area contributed by atoms with Gasteiger partial charge < -0.3 is 5.11 Å². The number of hydrogen-bond donors (Lipinski definition) is 1. The highest BCUT2D eigenvalue weighted by molar-refractivity contribution is 5.73. The molecule has 1 aromatic carbocycles. The zero-order valence-electron chi connectivity index (χ0n) is 13.1. The third-order valence-corrected chi connectivity index (χ3v) is 5.61. The number of carboxylic acids is 1. The van der Waals surface area contributed by atoms with Crippen molar-refractivity contribution in [2.24, 2.45) is 17.8 Å². The molecule has 114 valence electrons. The van der Waals surface area contributed by atoms with Crippen molar-refractivity contribution in [1.82, 2.24) is 0 Å². The Morgan fingerprint density at radius 3 is 2.19 bits per heavy atom. The molecule has 2 unspecified atom stereocenters. The van der Waals surface area contributed by atoms with Gasteiger partial charge in [0.15, 0.2) is 0 Å². The summed E-state index contributed by atoms with van der Waals surface area (Å²) in [5.74, 6) is 1.81. The van der Waals surface area contributed by atoms with Crippen LogP contribution in [0.5, 0.6) is 0 Å². The van der Waals surface area contributed by atoms with Crippen LogP contribution in [0.2, 0.25) is 0 Å². The standard InChI is InChI=1S/C19H26O2/c1-12(2)13-3-5-14(6-4-13)15-7-9-16(10-8-15)17-11-18(17)19(20)21/h3-6,12,15-18H,7-11H2,1-2H3,(H,20,21). The summed E-state index contributed by atoms with van der Waals surface area (Å²) in [6.45, 7) is 4.46. The molecular formula is C19H26O2. The summed E-state index contributed by atoms with van der Waals surface area (Å²) in [5.41, 5.74) is 2.89. The van der Waals surface area contributed by atoms with Crippen LogP contribution in [-0.2, 0) is 4.79 Å². The summed E-state index contributed by atoms with van der Waals surface area (Å²) in [6.07, 6.45) is 5.81. The van der Waals surface area contributed by atoms with Gasteiger partial charge >= 0.3 is 5.97 Å². The number of carboxylic acid groups (broad SMARTS) is 1. The molecule has 0 amide bonds. The Bertz CT molecular complexity index is 495. The van der Waals surface area contributed by atoms with E-state index in [0.29, 0.717) is 23.7 Å². The summed E-state index contributed by atoms with van der Waals surface area (Å²) in [6, 6.07) is 9.15. The molecule has 0 radical (unpaired) electrons. The smallest absolute Gasteiger partial charge is 0.306 e. The first-order chi connectivity index (χ1) is 10.1. The monoisotopic (exact) mass is 286 g/mol. The van der Waals surface area contributed by atoms with E-state index in [-0.39, 0.29) is 5.92 Å². The molecule has 1 aromatic rings. The molecular weight excluding hydrogens is 260 g/mol. The first kappa shape index (κ1) is 14.6. The maximum absolute atomic E-state index is 11.0. The van der Waals surface area contributed by atoms with E-state index < -0.39 is 5.97 Å². The molecule has 1 N–H and O–H groups in total. The zero-order valence-corrected chi connectivity index (χ0v) is 13.1. The van der Waals surface area contributed by atoms with Crippen LogP contribution in [0.3, 0.4) is 0 Å². The number of carbonyl (C=O) groups is 1. The van der Waals surface area contributed by atoms with Crippen LogP contribution < -0.4 is 0 Å². The van der Waals surface area contributed by atoms with E-state index in [1.165, 1.54) is 36.8 Å². The average molecular weight is 286 g/mol. The Labute approximate surface area is 127 Å². The summed E-state index contributed by atoms with van der Waals surface area (Å²) in [5, 5.41) is 9.06. The fourth-order valence-corrected chi connectivity index (χ4v) is 4.05. The van der Waals surface area contributed by atoms with Crippen molar-refractivity contribution in [3.8, 4) is 0 Å². The molecule has 2 atom stereocenters. The summed E-state index contributed by atoms with van der Waals surface area (Å²) >= 11 is 0. The topological polar surface area (TPSA) is 37.3 Å². The molecule has 0 aliphatic heterocycles. The molecule has 2 aliphatic carbocycles. The number of aliphatic carboxylic acids is 1. The number of benzene rings is 1. The minimum atomic E-state index is -0.577. The van der Waals surface area contributed by atoms with Crippen LogP contribution in [0.1, 0.15) is 68.9 Å². The third-order valence-electron chi connectivity index (χ3n) is 5.61. The Morgan fingerprint density at radius 1 is 1.10 bits per heavy atom. The SMILES string of the molecule is CC(C)c1ccc(C2CCC(C3CC3C(=O)O)CC2)cc1. The van der Waals surface area contributed by atoms with Crippen LogP contribution in [-0.4, -0.2) is 11.1 Å². The van der Waals surface area contributed by atoms with Gasteiger partial charge in [0, 0.05) is 0 Å². The van der Waals surface area contributed by atoms with E-state index in [9.17, 15) is 4.79 Å². The Kier molecular flexibility index (Phi) is 4.05. The average Bonchev–Trinajstić information content (AvgIpc) is 3.28. The molecule has 0 heterocycles.